The van der Waals surface area contributed by atoms with Gasteiger partial charge >= 0.3 is 5.97 Å². The summed E-state index contributed by atoms with van der Waals surface area (Å²) < 4.78 is 0. The maximum Gasteiger partial charge on any atom is 0.334 e. The lowest BCUT2D eigenvalue weighted by Gasteiger charge is -2.21. The number of nitrogens with one attached hydrogen (secondary N) is 1. The molecule has 0 radical (unpaired) electrons. The van der Waals surface area contributed by atoms with E-state index in [1.165, 1.54) is 64.2 Å². The molecule has 0 spiro atoms. The number of aliphatic carboxylic acids is 1. The summed E-state index contributed by atoms with van der Waals surface area (Å²) in [6.45, 7) is 2.25. The molecule has 2 atom stereocenters. The SMILES string of the molecule is CCCCCCCCCCCCCCCC(=O)N[C@@H](Cc1ccccc1)[C@@H](O)C(=O)O. The number of carbonyl (C=O) groups is 2. The fraction of sp³-hybridized carbons (Fsp3) is 0.692. The molecule has 1 amide bonds. The zero-order chi connectivity index (χ0) is 22.7. The van der Waals surface area contributed by atoms with Gasteiger partial charge in [-0.05, 0) is 18.4 Å². The van der Waals surface area contributed by atoms with Crippen LogP contribution in [0.3, 0.4) is 0 Å². The highest BCUT2D eigenvalue weighted by Crippen LogP contribution is 2.13. The highest BCUT2D eigenvalue weighted by Gasteiger charge is 2.27. The average Bonchev–Trinajstić information content (AvgIpc) is 2.76. The molecule has 5 heteroatoms. The lowest BCUT2D eigenvalue weighted by atomic mass is 10.0. The van der Waals surface area contributed by atoms with E-state index >= 15 is 0 Å². The van der Waals surface area contributed by atoms with Crippen molar-refractivity contribution < 1.29 is 19.8 Å². The van der Waals surface area contributed by atoms with Crippen LogP contribution in [0.2, 0.25) is 0 Å². The second kappa shape index (κ2) is 17.8. The second-order valence-electron chi connectivity index (χ2n) is 8.64. The van der Waals surface area contributed by atoms with Gasteiger partial charge in [0.25, 0.3) is 0 Å². The van der Waals surface area contributed by atoms with Crippen molar-refractivity contribution in [2.75, 3.05) is 0 Å². The van der Waals surface area contributed by atoms with Crippen molar-refractivity contribution >= 4 is 11.9 Å². The van der Waals surface area contributed by atoms with Crippen LogP contribution in [0.5, 0.6) is 0 Å². The van der Waals surface area contributed by atoms with Gasteiger partial charge in [0.2, 0.25) is 5.91 Å². The summed E-state index contributed by atoms with van der Waals surface area (Å²) in [4.78, 5) is 23.5. The number of rotatable bonds is 19. The van der Waals surface area contributed by atoms with Crippen molar-refractivity contribution in [3.8, 4) is 0 Å². The average molecular weight is 434 g/mol. The Kier molecular flexibility index (Phi) is 15.6. The summed E-state index contributed by atoms with van der Waals surface area (Å²) in [5, 5.41) is 21.8. The summed E-state index contributed by atoms with van der Waals surface area (Å²) in [6.07, 6.45) is 15.3. The van der Waals surface area contributed by atoms with Gasteiger partial charge in [-0.2, -0.15) is 0 Å². The topological polar surface area (TPSA) is 86.6 Å². The Hall–Kier alpha value is -1.88. The molecule has 0 aliphatic carbocycles. The largest absolute Gasteiger partial charge is 0.479 e. The molecule has 5 nitrogen and oxygen atoms in total. The predicted molar refractivity (Wildman–Crippen MR) is 126 cm³/mol. The molecule has 176 valence electrons. The fourth-order valence-corrected chi connectivity index (χ4v) is 3.86. The van der Waals surface area contributed by atoms with Crippen LogP contribution < -0.4 is 5.32 Å². The molecule has 0 unspecified atom stereocenters. The van der Waals surface area contributed by atoms with E-state index in [1.807, 2.05) is 30.3 Å². The first-order valence-corrected chi connectivity index (χ1v) is 12.3. The van der Waals surface area contributed by atoms with Crippen LogP contribution in [0, 0.1) is 0 Å². The van der Waals surface area contributed by atoms with Gasteiger partial charge in [-0.1, -0.05) is 114 Å². The van der Waals surface area contributed by atoms with E-state index in [-0.39, 0.29) is 5.91 Å². The van der Waals surface area contributed by atoms with Gasteiger partial charge in [0.15, 0.2) is 6.10 Å². The van der Waals surface area contributed by atoms with Gasteiger partial charge in [0, 0.05) is 6.42 Å². The van der Waals surface area contributed by atoms with E-state index in [1.54, 1.807) is 0 Å². The molecule has 0 aliphatic rings. The molecule has 0 aliphatic heterocycles. The first-order chi connectivity index (χ1) is 15.0. The number of benzene rings is 1. The van der Waals surface area contributed by atoms with Gasteiger partial charge in [-0.15, -0.1) is 0 Å². The Balaban J connectivity index is 2.12. The summed E-state index contributed by atoms with van der Waals surface area (Å²) >= 11 is 0. The highest BCUT2D eigenvalue weighted by molar-refractivity contribution is 5.78. The molecular weight excluding hydrogens is 390 g/mol. The molecule has 3 N–H and O–H groups in total. The van der Waals surface area contributed by atoms with Crippen molar-refractivity contribution in [3.63, 3.8) is 0 Å². The summed E-state index contributed by atoms with van der Waals surface area (Å²) in [5.74, 6) is -1.51. The lowest BCUT2D eigenvalue weighted by Crippen LogP contribution is -2.48. The zero-order valence-electron chi connectivity index (χ0n) is 19.4. The Morgan fingerprint density at radius 3 is 1.77 bits per heavy atom. The smallest absolute Gasteiger partial charge is 0.334 e. The van der Waals surface area contributed by atoms with Crippen LogP contribution in [-0.2, 0) is 16.0 Å². The third-order valence-corrected chi connectivity index (χ3v) is 5.79. The summed E-state index contributed by atoms with van der Waals surface area (Å²) in [6, 6.07) is 8.48. The van der Waals surface area contributed by atoms with Crippen molar-refractivity contribution in [1.82, 2.24) is 5.32 Å². The van der Waals surface area contributed by atoms with Crippen LogP contribution in [0.15, 0.2) is 30.3 Å². The third kappa shape index (κ3) is 13.9. The molecule has 0 fully saturated rings. The Labute approximate surface area is 188 Å². The van der Waals surface area contributed by atoms with E-state index in [9.17, 15) is 14.7 Å². The van der Waals surface area contributed by atoms with Crippen LogP contribution in [0.1, 0.15) is 102 Å². The quantitative estimate of drug-likeness (QED) is 0.246. The van der Waals surface area contributed by atoms with Crippen LogP contribution in [0.4, 0.5) is 0 Å². The first kappa shape index (κ1) is 27.2. The molecule has 1 aromatic rings. The fourth-order valence-electron chi connectivity index (χ4n) is 3.86. The minimum Gasteiger partial charge on any atom is -0.479 e. The molecule has 31 heavy (non-hydrogen) atoms. The number of amides is 1. The number of carboxylic acid groups (broad SMARTS) is 1. The minimum absolute atomic E-state index is 0.190. The molecule has 0 aromatic heterocycles. The summed E-state index contributed by atoms with van der Waals surface area (Å²) in [5.41, 5.74) is 0.883. The van der Waals surface area contributed by atoms with Gasteiger partial charge in [-0.25, -0.2) is 4.79 Å². The molecule has 1 aromatic carbocycles. The Morgan fingerprint density at radius 1 is 0.806 bits per heavy atom. The Bertz CT molecular complexity index is 590. The molecule has 0 saturated heterocycles. The van der Waals surface area contributed by atoms with Crippen LogP contribution >= 0.6 is 0 Å². The molecular formula is C26H43NO4. The molecule has 0 bridgehead atoms. The standard InChI is InChI=1S/C26H43NO4/c1-2-3-4-5-6-7-8-9-10-11-12-13-17-20-24(28)27-23(25(29)26(30)31)21-22-18-15-14-16-19-22/h14-16,18-19,23,25,29H,2-13,17,20-21H2,1H3,(H,27,28)(H,30,31)/t23-,25+/m0/s1. The number of hydrogen-bond donors (Lipinski definition) is 3. The molecule has 1 rings (SSSR count). The number of hydrogen-bond acceptors (Lipinski definition) is 3. The monoisotopic (exact) mass is 433 g/mol. The van der Waals surface area contributed by atoms with Crippen molar-refractivity contribution in [2.24, 2.45) is 0 Å². The molecule has 0 heterocycles. The second-order valence-corrected chi connectivity index (χ2v) is 8.64. The first-order valence-electron chi connectivity index (χ1n) is 12.3. The maximum absolute atomic E-state index is 12.3. The Morgan fingerprint density at radius 2 is 1.29 bits per heavy atom. The minimum atomic E-state index is -1.61. The third-order valence-electron chi connectivity index (χ3n) is 5.79. The molecule has 0 saturated carbocycles. The lowest BCUT2D eigenvalue weighted by molar-refractivity contribution is -0.148. The van der Waals surface area contributed by atoms with Crippen LogP contribution in [-0.4, -0.2) is 34.2 Å². The van der Waals surface area contributed by atoms with Gasteiger partial charge in [-0.3, -0.25) is 4.79 Å². The number of aliphatic hydroxyl groups excluding tert-OH is 1. The van der Waals surface area contributed by atoms with Crippen molar-refractivity contribution in [3.05, 3.63) is 35.9 Å². The van der Waals surface area contributed by atoms with Crippen LogP contribution in [0.25, 0.3) is 0 Å². The van der Waals surface area contributed by atoms with E-state index < -0.39 is 18.1 Å². The van der Waals surface area contributed by atoms with Gasteiger partial charge in [0.05, 0.1) is 6.04 Å². The predicted octanol–water partition coefficient (Wildman–Crippen LogP) is 5.64. The number of carbonyl (C=O) groups excluding carboxylic acids is 1. The number of unbranched alkanes of at least 4 members (excludes halogenated alkanes) is 12. The maximum atomic E-state index is 12.3. The van der Waals surface area contributed by atoms with E-state index in [0.29, 0.717) is 12.8 Å². The van der Waals surface area contributed by atoms with E-state index in [4.69, 9.17) is 5.11 Å². The van der Waals surface area contributed by atoms with Gasteiger partial charge < -0.3 is 15.5 Å². The van der Waals surface area contributed by atoms with Gasteiger partial charge in [0.1, 0.15) is 0 Å². The highest BCUT2D eigenvalue weighted by atomic mass is 16.4. The number of carboxylic acids is 1. The van der Waals surface area contributed by atoms with E-state index in [2.05, 4.69) is 12.2 Å². The van der Waals surface area contributed by atoms with E-state index in [0.717, 1.165) is 24.8 Å². The summed E-state index contributed by atoms with van der Waals surface area (Å²) in [7, 11) is 0. The van der Waals surface area contributed by atoms with Crippen molar-refractivity contribution in [2.45, 2.75) is 115 Å². The zero-order valence-corrected chi connectivity index (χ0v) is 19.4. The number of aliphatic hydroxyl groups is 1. The van der Waals surface area contributed by atoms with Crippen molar-refractivity contribution in [1.29, 1.82) is 0 Å². The normalized spacial score (nSPS) is 13.0.